The van der Waals surface area contributed by atoms with Gasteiger partial charge in [0, 0.05) is 36.9 Å². The molecule has 0 bridgehead atoms. The van der Waals surface area contributed by atoms with Gasteiger partial charge in [-0.1, -0.05) is 15.9 Å². The van der Waals surface area contributed by atoms with Crippen molar-refractivity contribution >= 4 is 15.9 Å². The molecule has 0 radical (unpaired) electrons. The maximum absolute atomic E-state index is 4.98. The molecule has 0 aromatic carbocycles. The Bertz CT molecular complexity index is 218. The predicted molar refractivity (Wildman–Crippen MR) is 50.3 cm³/mol. The summed E-state index contributed by atoms with van der Waals surface area (Å²) in [6.07, 6.45) is 5.98. The predicted octanol–water partition coefficient (Wildman–Crippen LogP) is 1.43. The van der Waals surface area contributed by atoms with E-state index in [2.05, 4.69) is 25.9 Å². The maximum atomic E-state index is 4.98. The quantitative estimate of drug-likeness (QED) is 0.735. The lowest BCUT2D eigenvalue weighted by Gasteiger charge is -2.06. The van der Waals surface area contributed by atoms with E-state index in [1.807, 2.05) is 0 Å². The van der Waals surface area contributed by atoms with E-state index in [9.17, 15) is 0 Å². The molecule has 0 amide bonds. The van der Waals surface area contributed by atoms with Gasteiger partial charge in [0.05, 0.1) is 12.3 Å². The molecule has 0 N–H and O–H groups in total. The highest BCUT2D eigenvalue weighted by Crippen LogP contribution is 2.06. The first kappa shape index (κ1) is 9.61. The lowest BCUT2D eigenvalue weighted by Crippen LogP contribution is -2.10. The van der Waals surface area contributed by atoms with E-state index in [0.29, 0.717) is 11.4 Å². The topological polar surface area (TPSA) is 35.0 Å². The molecule has 1 atom stereocenters. The highest BCUT2D eigenvalue weighted by atomic mass is 79.9. The number of halogens is 1. The Kier molecular flexibility index (Phi) is 4.18. The van der Waals surface area contributed by atoms with Gasteiger partial charge in [0.15, 0.2) is 0 Å². The van der Waals surface area contributed by atoms with E-state index in [1.54, 1.807) is 25.7 Å². The largest absolute Gasteiger partial charge is 0.384 e. The van der Waals surface area contributed by atoms with Crippen molar-refractivity contribution in [3.05, 3.63) is 24.3 Å². The highest BCUT2D eigenvalue weighted by molar-refractivity contribution is 9.09. The van der Waals surface area contributed by atoms with Crippen LogP contribution >= 0.6 is 15.9 Å². The zero-order chi connectivity index (χ0) is 8.81. The molecule has 66 valence electrons. The Morgan fingerprint density at radius 3 is 3.00 bits per heavy atom. The van der Waals surface area contributed by atoms with Crippen LogP contribution in [-0.4, -0.2) is 28.5 Å². The molecular weight excluding hydrogens is 220 g/mol. The lowest BCUT2D eigenvalue weighted by molar-refractivity contribution is 0.200. The third kappa shape index (κ3) is 3.28. The molecule has 1 heterocycles. The van der Waals surface area contributed by atoms with Crippen molar-refractivity contribution in [3.8, 4) is 0 Å². The fourth-order valence-electron chi connectivity index (χ4n) is 0.902. The second-order valence-electron chi connectivity index (χ2n) is 2.45. The lowest BCUT2D eigenvalue weighted by atomic mass is 10.2. The molecular formula is C8H11BrN2O. The molecule has 0 saturated carbocycles. The minimum atomic E-state index is 0.319. The third-order valence-electron chi connectivity index (χ3n) is 1.39. The molecule has 0 fully saturated rings. The van der Waals surface area contributed by atoms with Crippen LogP contribution in [0.1, 0.15) is 5.69 Å². The fraction of sp³-hybridized carbons (Fsp3) is 0.500. The number of hydrogen-bond acceptors (Lipinski definition) is 3. The summed E-state index contributed by atoms with van der Waals surface area (Å²) >= 11 is 3.48. The summed E-state index contributed by atoms with van der Waals surface area (Å²) in [7, 11) is 1.69. The van der Waals surface area contributed by atoms with Gasteiger partial charge < -0.3 is 4.74 Å². The number of methoxy groups -OCH3 is 1. The Morgan fingerprint density at radius 1 is 1.58 bits per heavy atom. The van der Waals surface area contributed by atoms with Gasteiger partial charge in [0.25, 0.3) is 0 Å². The van der Waals surface area contributed by atoms with Crippen LogP contribution in [0.3, 0.4) is 0 Å². The van der Waals surface area contributed by atoms with Gasteiger partial charge in [-0.2, -0.15) is 0 Å². The number of ether oxygens (including phenoxy) is 1. The van der Waals surface area contributed by atoms with Crippen LogP contribution in [0.5, 0.6) is 0 Å². The van der Waals surface area contributed by atoms with E-state index in [1.165, 1.54) is 0 Å². The van der Waals surface area contributed by atoms with E-state index >= 15 is 0 Å². The Hall–Kier alpha value is -0.480. The van der Waals surface area contributed by atoms with Crippen LogP contribution in [0.4, 0.5) is 0 Å². The molecule has 3 nitrogen and oxygen atoms in total. The molecule has 1 unspecified atom stereocenters. The normalized spacial score (nSPS) is 12.8. The van der Waals surface area contributed by atoms with Gasteiger partial charge in [-0.25, -0.2) is 0 Å². The molecule has 4 heteroatoms. The van der Waals surface area contributed by atoms with Crippen molar-refractivity contribution < 1.29 is 4.74 Å². The minimum Gasteiger partial charge on any atom is -0.384 e. The zero-order valence-corrected chi connectivity index (χ0v) is 8.49. The standard InChI is InChI=1S/C8H11BrN2O/c1-12-6-7(9)4-8-5-10-2-3-11-8/h2-3,5,7H,4,6H2,1H3. The van der Waals surface area contributed by atoms with Crippen molar-refractivity contribution in [1.29, 1.82) is 0 Å². The average Bonchev–Trinajstić information content (AvgIpc) is 2.06. The van der Waals surface area contributed by atoms with Crippen LogP contribution in [0, 0.1) is 0 Å². The van der Waals surface area contributed by atoms with Crippen LogP contribution in [0.25, 0.3) is 0 Å². The van der Waals surface area contributed by atoms with Crippen LogP contribution < -0.4 is 0 Å². The smallest absolute Gasteiger partial charge is 0.0598 e. The zero-order valence-electron chi connectivity index (χ0n) is 6.90. The molecule has 0 saturated heterocycles. The van der Waals surface area contributed by atoms with Gasteiger partial charge in [-0.15, -0.1) is 0 Å². The van der Waals surface area contributed by atoms with Gasteiger partial charge in [0.2, 0.25) is 0 Å². The Morgan fingerprint density at radius 2 is 2.42 bits per heavy atom. The Labute approximate surface area is 80.3 Å². The van der Waals surface area contributed by atoms with E-state index in [0.717, 1.165) is 12.1 Å². The van der Waals surface area contributed by atoms with Crippen LogP contribution in [0.15, 0.2) is 18.6 Å². The monoisotopic (exact) mass is 230 g/mol. The van der Waals surface area contributed by atoms with Gasteiger partial charge >= 0.3 is 0 Å². The van der Waals surface area contributed by atoms with Crippen molar-refractivity contribution in [3.63, 3.8) is 0 Å². The molecule has 1 rings (SSSR count). The summed E-state index contributed by atoms with van der Waals surface area (Å²) in [5, 5.41) is 0. The SMILES string of the molecule is COCC(Br)Cc1cnccn1. The summed E-state index contributed by atoms with van der Waals surface area (Å²) in [5.41, 5.74) is 0.983. The molecule has 1 aromatic heterocycles. The first-order chi connectivity index (χ1) is 5.83. The first-order valence-corrected chi connectivity index (χ1v) is 4.62. The molecule has 0 aliphatic rings. The third-order valence-corrected chi connectivity index (χ3v) is 1.98. The van der Waals surface area contributed by atoms with Crippen molar-refractivity contribution in [2.24, 2.45) is 0 Å². The van der Waals surface area contributed by atoms with Crippen molar-refractivity contribution in [2.45, 2.75) is 11.2 Å². The molecule has 0 aliphatic heterocycles. The molecule has 1 aromatic rings. The van der Waals surface area contributed by atoms with Gasteiger partial charge in [-0.05, 0) is 0 Å². The van der Waals surface area contributed by atoms with E-state index in [-0.39, 0.29) is 0 Å². The summed E-state index contributed by atoms with van der Waals surface area (Å²) in [5.74, 6) is 0. The summed E-state index contributed by atoms with van der Waals surface area (Å²) in [6.45, 7) is 0.691. The van der Waals surface area contributed by atoms with Gasteiger partial charge in [0.1, 0.15) is 0 Å². The summed E-state index contributed by atoms with van der Waals surface area (Å²) in [4.78, 5) is 8.45. The minimum absolute atomic E-state index is 0.319. The van der Waals surface area contributed by atoms with Crippen LogP contribution in [0.2, 0.25) is 0 Å². The van der Waals surface area contributed by atoms with Crippen LogP contribution in [-0.2, 0) is 11.2 Å². The maximum Gasteiger partial charge on any atom is 0.0598 e. The van der Waals surface area contributed by atoms with E-state index < -0.39 is 0 Å². The second-order valence-corrected chi connectivity index (χ2v) is 3.75. The number of alkyl halides is 1. The van der Waals surface area contributed by atoms with Crippen molar-refractivity contribution in [1.82, 2.24) is 9.97 Å². The van der Waals surface area contributed by atoms with E-state index in [4.69, 9.17) is 4.74 Å². The Balaban J connectivity index is 2.41. The fourth-order valence-corrected chi connectivity index (χ4v) is 1.50. The average molecular weight is 231 g/mol. The molecule has 12 heavy (non-hydrogen) atoms. The number of aromatic nitrogens is 2. The number of hydrogen-bond donors (Lipinski definition) is 0. The first-order valence-electron chi connectivity index (χ1n) is 3.71. The van der Waals surface area contributed by atoms with Crippen molar-refractivity contribution in [2.75, 3.05) is 13.7 Å². The highest BCUT2D eigenvalue weighted by Gasteiger charge is 2.04. The molecule has 0 spiro atoms. The second kappa shape index (κ2) is 5.22. The summed E-state index contributed by atoms with van der Waals surface area (Å²) in [6, 6.07) is 0. The molecule has 0 aliphatic carbocycles. The number of rotatable bonds is 4. The number of nitrogens with zero attached hydrogens (tertiary/aromatic N) is 2. The summed E-state index contributed by atoms with van der Waals surface area (Å²) < 4.78 is 4.98. The van der Waals surface area contributed by atoms with Gasteiger partial charge in [-0.3, -0.25) is 9.97 Å².